The van der Waals surface area contributed by atoms with Crippen LogP contribution in [-0.2, 0) is 0 Å². The highest BCUT2D eigenvalue weighted by Crippen LogP contribution is 2.13. The molecular weight excluding hydrogens is 196 g/mol. The quantitative estimate of drug-likeness (QED) is 0.427. The summed E-state index contributed by atoms with van der Waals surface area (Å²) in [4.78, 5) is 11.0. The van der Waals surface area contributed by atoms with Gasteiger partial charge >= 0.3 is 0 Å². The summed E-state index contributed by atoms with van der Waals surface area (Å²) >= 11 is 0.854. The number of thioether (sulfide) groups is 1. The molecule has 0 bridgehead atoms. The molecule has 0 heterocycles. The normalized spacial score (nSPS) is 11.4. The van der Waals surface area contributed by atoms with Crippen LogP contribution in [0.4, 0.5) is 4.79 Å². The van der Waals surface area contributed by atoms with E-state index in [1.165, 1.54) is 7.05 Å². The molecule has 0 aliphatic carbocycles. The van der Waals surface area contributed by atoms with Crippen LogP contribution in [0.15, 0.2) is 36.5 Å². The number of hydrogen-bond donors (Lipinski definition) is 2. The summed E-state index contributed by atoms with van der Waals surface area (Å²) in [5.41, 5.74) is 0.677. The van der Waals surface area contributed by atoms with Gasteiger partial charge < -0.3 is 5.32 Å². The number of carbonyl (C=O) groups excluding carboxylic acids is 1. The van der Waals surface area contributed by atoms with Gasteiger partial charge in [-0.25, -0.2) is 0 Å². The van der Waals surface area contributed by atoms with E-state index in [2.05, 4.69) is 11.9 Å². The predicted octanol–water partition coefficient (Wildman–Crippen LogP) is 2.72. The molecule has 2 N–H and O–H groups in total. The molecule has 0 radical (unpaired) electrons. The average molecular weight is 210 g/mol. The van der Waals surface area contributed by atoms with Crippen LogP contribution in [0.2, 0.25) is 0 Å². The van der Waals surface area contributed by atoms with Gasteiger partial charge in [0.15, 0.2) is 0 Å². The van der Waals surface area contributed by atoms with Crippen molar-refractivity contribution in [1.82, 2.24) is 5.32 Å². The maximum Gasteiger partial charge on any atom is 0.285 e. The second-order valence-electron chi connectivity index (χ2n) is 2.33. The Bertz CT molecular complexity index is 292. The number of hydrogen-bond acceptors (Lipinski definition) is 3. The maximum absolute atomic E-state index is 11.0. The second-order valence-corrected chi connectivity index (χ2v) is 3.31. The van der Waals surface area contributed by atoms with E-state index in [4.69, 9.17) is 5.41 Å². The lowest BCUT2D eigenvalue weighted by atomic mass is 10.2. The molecule has 0 aliphatic heterocycles. The van der Waals surface area contributed by atoms with Gasteiger partial charge in [-0.2, -0.15) is 0 Å². The highest BCUT2D eigenvalue weighted by molar-refractivity contribution is 8.26. The summed E-state index contributed by atoms with van der Waals surface area (Å²) in [5.74, 6) is 0. The van der Waals surface area contributed by atoms with Gasteiger partial charge in [-0.1, -0.05) is 30.9 Å². The van der Waals surface area contributed by atoms with Crippen molar-refractivity contribution in [3.05, 3.63) is 36.5 Å². The van der Waals surface area contributed by atoms with Gasteiger partial charge in [0.25, 0.3) is 5.24 Å². The van der Waals surface area contributed by atoms with Crippen molar-refractivity contribution in [2.75, 3.05) is 7.05 Å². The van der Waals surface area contributed by atoms with Gasteiger partial charge in [-0.3, -0.25) is 10.2 Å². The molecule has 0 atom stereocenters. The Morgan fingerprint density at radius 1 is 1.57 bits per heavy atom. The third-order valence-corrected chi connectivity index (χ3v) is 2.13. The highest BCUT2D eigenvalue weighted by Gasteiger charge is 2.07. The SMILES string of the molecule is C=C/C=C(\C=C/C)C(=N)SC(=O)NC. The summed E-state index contributed by atoms with van der Waals surface area (Å²) in [5, 5.41) is 10.0. The van der Waals surface area contributed by atoms with E-state index in [0.717, 1.165) is 11.8 Å². The lowest BCUT2D eigenvalue weighted by Crippen LogP contribution is -2.14. The lowest BCUT2D eigenvalue weighted by Gasteiger charge is -2.02. The molecule has 3 nitrogen and oxygen atoms in total. The third kappa shape index (κ3) is 4.67. The Kier molecular flexibility index (Phi) is 6.49. The zero-order valence-corrected chi connectivity index (χ0v) is 9.15. The first-order valence-corrected chi connectivity index (χ1v) is 4.91. The average Bonchev–Trinajstić information content (AvgIpc) is 2.17. The molecule has 0 saturated heterocycles. The molecule has 0 rings (SSSR count). The van der Waals surface area contributed by atoms with Gasteiger partial charge in [-0.05, 0) is 18.7 Å². The fourth-order valence-electron chi connectivity index (χ4n) is 0.716. The minimum absolute atomic E-state index is 0.211. The standard InChI is InChI=1S/C10H14N2OS/c1-4-6-8(7-5-2)9(11)14-10(13)12-3/h4-7,11H,1H2,2-3H3,(H,12,13)/b7-5-,8-6+,11-9?. The largest absolute Gasteiger partial charge is 0.350 e. The first-order valence-electron chi connectivity index (χ1n) is 4.09. The van der Waals surface area contributed by atoms with E-state index in [9.17, 15) is 4.79 Å². The van der Waals surface area contributed by atoms with E-state index < -0.39 is 0 Å². The summed E-state index contributed by atoms with van der Waals surface area (Å²) in [6.07, 6.45) is 6.86. The van der Waals surface area contributed by atoms with Crippen molar-refractivity contribution in [1.29, 1.82) is 5.41 Å². The van der Waals surface area contributed by atoms with Crippen LogP contribution in [0.3, 0.4) is 0 Å². The third-order valence-electron chi connectivity index (χ3n) is 1.30. The van der Waals surface area contributed by atoms with Crippen LogP contribution in [-0.4, -0.2) is 17.3 Å². The molecule has 14 heavy (non-hydrogen) atoms. The maximum atomic E-state index is 11.0. The first-order chi connectivity index (χ1) is 6.65. The Labute approximate surface area is 88.5 Å². The summed E-state index contributed by atoms with van der Waals surface area (Å²) in [6.45, 7) is 5.40. The Hall–Kier alpha value is -1.29. The van der Waals surface area contributed by atoms with E-state index in [0.29, 0.717) is 5.57 Å². The number of amides is 1. The van der Waals surface area contributed by atoms with E-state index >= 15 is 0 Å². The molecule has 0 unspecified atom stereocenters. The summed E-state index contributed by atoms with van der Waals surface area (Å²) in [7, 11) is 1.54. The minimum atomic E-state index is -0.241. The molecule has 0 aromatic heterocycles. The highest BCUT2D eigenvalue weighted by atomic mass is 32.2. The van der Waals surface area contributed by atoms with E-state index in [1.807, 2.05) is 13.0 Å². The number of nitrogens with one attached hydrogen (secondary N) is 2. The second kappa shape index (κ2) is 7.15. The van der Waals surface area contributed by atoms with Crippen LogP contribution >= 0.6 is 11.8 Å². The fourth-order valence-corrected chi connectivity index (χ4v) is 1.26. The minimum Gasteiger partial charge on any atom is -0.350 e. The van der Waals surface area contributed by atoms with Crippen molar-refractivity contribution < 1.29 is 4.79 Å². The zero-order valence-electron chi connectivity index (χ0n) is 8.33. The molecule has 0 fully saturated rings. The van der Waals surface area contributed by atoms with Gasteiger partial charge in [-0.15, -0.1) is 0 Å². The summed E-state index contributed by atoms with van der Waals surface area (Å²) in [6, 6.07) is 0. The van der Waals surface area contributed by atoms with Gasteiger partial charge in [0, 0.05) is 12.6 Å². The van der Waals surface area contributed by atoms with E-state index in [-0.39, 0.29) is 10.3 Å². The molecule has 0 aromatic rings. The van der Waals surface area contributed by atoms with Gasteiger partial charge in [0.05, 0.1) is 0 Å². The molecule has 0 aliphatic rings. The predicted molar refractivity (Wildman–Crippen MR) is 62.9 cm³/mol. The molecule has 0 spiro atoms. The lowest BCUT2D eigenvalue weighted by molar-refractivity contribution is 0.262. The van der Waals surface area contributed by atoms with E-state index in [1.54, 1.807) is 18.2 Å². The molecule has 4 heteroatoms. The van der Waals surface area contributed by atoms with Crippen LogP contribution in [0.1, 0.15) is 6.92 Å². The number of carbonyl (C=O) groups is 1. The van der Waals surface area contributed by atoms with Crippen LogP contribution in [0.25, 0.3) is 0 Å². The molecule has 76 valence electrons. The van der Waals surface area contributed by atoms with Gasteiger partial charge in [0.2, 0.25) is 0 Å². The van der Waals surface area contributed by atoms with Crippen LogP contribution in [0, 0.1) is 5.41 Å². The van der Waals surface area contributed by atoms with Crippen LogP contribution in [0.5, 0.6) is 0 Å². The smallest absolute Gasteiger partial charge is 0.285 e. The Morgan fingerprint density at radius 3 is 2.64 bits per heavy atom. The van der Waals surface area contributed by atoms with Crippen molar-refractivity contribution in [3.63, 3.8) is 0 Å². The Morgan fingerprint density at radius 2 is 2.21 bits per heavy atom. The van der Waals surface area contributed by atoms with Gasteiger partial charge in [0.1, 0.15) is 5.04 Å². The van der Waals surface area contributed by atoms with Crippen molar-refractivity contribution in [2.24, 2.45) is 0 Å². The topological polar surface area (TPSA) is 53.0 Å². The zero-order chi connectivity index (χ0) is 11.0. The van der Waals surface area contributed by atoms with Crippen molar-refractivity contribution in [3.8, 4) is 0 Å². The monoisotopic (exact) mass is 210 g/mol. The summed E-state index contributed by atoms with van der Waals surface area (Å²) < 4.78 is 0. The fraction of sp³-hybridized carbons (Fsp3) is 0.200. The molecular formula is C10H14N2OS. The first kappa shape index (κ1) is 12.7. The molecule has 0 saturated carbocycles. The Balaban J connectivity index is 4.53. The van der Waals surface area contributed by atoms with Crippen molar-refractivity contribution in [2.45, 2.75) is 6.92 Å². The van der Waals surface area contributed by atoms with Crippen molar-refractivity contribution >= 4 is 22.0 Å². The molecule has 1 amide bonds. The number of rotatable bonds is 3. The number of allylic oxidation sites excluding steroid dienone is 4. The molecule has 0 aromatic carbocycles. The van der Waals surface area contributed by atoms with Crippen LogP contribution < -0.4 is 5.32 Å².